The molecule has 1 heterocycles. The first-order chi connectivity index (χ1) is 13.6. The predicted octanol–water partition coefficient (Wildman–Crippen LogP) is 4.15. The number of nitrogens with one attached hydrogen (secondary N) is 2. The van der Waals surface area contributed by atoms with Crippen LogP contribution in [0.3, 0.4) is 0 Å². The van der Waals surface area contributed by atoms with E-state index in [1.165, 1.54) is 0 Å². The number of anilines is 1. The molecule has 0 atom stereocenters. The van der Waals surface area contributed by atoms with Crippen LogP contribution in [-0.4, -0.2) is 26.0 Å². The van der Waals surface area contributed by atoms with E-state index in [1.807, 2.05) is 60.7 Å². The van der Waals surface area contributed by atoms with Gasteiger partial charge in [-0.05, 0) is 89.4 Å². The van der Waals surface area contributed by atoms with E-state index in [0.717, 1.165) is 26.0 Å². The third-order valence-electron chi connectivity index (χ3n) is 3.96. The molecule has 0 aliphatic heterocycles. The largest absolute Gasteiger partial charge is 0.332 e. The Bertz CT molecular complexity index is 1160. The van der Waals surface area contributed by atoms with Crippen molar-refractivity contribution in [2.24, 2.45) is 0 Å². The molecule has 0 spiro atoms. The minimum absolute atomic E-state index is 0.221. The van der Waals surface area contributed by atoms with Crippen LogP contribution in [0, 0.1) is 3.57 Å². The summed E-state index contributed by atoms with van der Waals surface area (Å²) in [6.07, 6.45) is 0. The van der Waals surface area contributed by atoms with Crippen LogP contribution in [0.25, 0.3) is 16.7 Å². The maximum atomic E-state index is 12.3. The van der Waals surface area contributed by atoms with E-state index in [9.17, 15) is 4.79 Å². The molecule has 4 rings (SSSR count). The molecule has 0 radical (unpaired) electrons. The second-order valence-corrected chi connectivity index (χ2v) is 7.60. The van der Waals surface area contributed by atoms with Crippen LogP contribution in [-0.2, 0) is 0 Å². The minimum Gasteiger partial charge on any atom is -0.332 e. The van der Waals surface area contributed by atoms with Crippen LogP contribution in [0.5, 0.6) is 0 Å². The molecule has 6 nitrogen and oxygen atoms in total. The molecule has 0 fully saturated rings. The summed E-state index contributed by atoms with van der Waals surface area (Å²) in [6, 6.07) is 22.5. The maximum Gasteiger partial charge on any atom is 0.257 e. The van der Waals surface area contributed by atoms with Gasteiger partial charge >= 0.3 is 0 Å². The third-order valence-corrected chi connectivity index (χ3v) is 4.88. The number of halogens is 1. The lowest BCUT2D eigenvalue weighted by Crippen LogP contribution is -2.34. The fraction of sp³-hybridized carbons (Fsp3) is 0. The number of thiocarbonyl (C=S) groups is 1. The van der Waals surface area contributed by atoms with Gasteiger partial charge in [-0.15, -0.1) is 10.2 Å². The van der Waals surface area contributed by atoms with Gasteiger partial charge in [0.15, 0.2) is 5.11 Å². The van der Waals surface area contributed by atoms with Gasteiger partial charge in [-0.25, -0.2) is 0 Å². The van der Waals surface area contributed by atoms with Gasteiger partial charge in [0, 0.05) is 14.8 Å². The zero-order valence-corrected chi connectivity index (χ0v) is 17.4. The van der Waals surface area contributed by atoms with Gasteiger partial charge in [-0.3, -0.25) is 10.1 Å². The Morgan fingerprint density at radius 3 is 2.39 bits per heavy atom. The Balaban J connectivity index is 1.47. The number of carbonyl (C=O) groups excluding carboxylic acids is 1. The van der Waals surface area contributed by atoms with Crippen molar-refractivity contribution in [2.75, 3.05) is 5.32 Å². The highest BCUT2D eigenvalue weighted by Crippen LogP contribution is 2.17. The normalized spacial score (nSPS) is 10.6. The number of hydrogen-bond acceptors (Lipinski definition) is 4. The van der Waals surface area contributed by atoms with Gasteiger partial charge < -0.3 is 5.32 Å². The Morgan fingerprint density at radius 2 is 1.64 bits per heavy atom. The van der Waals surface area contributed by atoms with Gasteiger partial charge in [0.05, 0.1) is 5.69 Å². The topological polar surface area (TPSA) is 71.8 Å². The molecule has 0 aliphatic rings. The zero-order chi connectivity index (χ0) is 19.5. The lowest BCUT2D eigenvalue weighted by molar-refractivity contribution is 0.0977. The number of nitrogens with zero attached hydrogens (tertiary/aromatic N) is 3. The summed E-state index contributed by atoms with van der Waals surface area (Å²) < 4.78 is 1.06. The number of amides is 1. The fourth-order valence-corrected chi connectivity index (χ4v) is 3.18. The van der Waals surface area contributed by atoms with Crippen molar-refractivity contribution in [2.45, 2.75) is 0 Å². The van der Waals surface area contributed by atoms with Gasteiger partial charge in [0.25, 0.3) is 5.91 Å². The van der Waals surface area contributed by atoms with Crippen molar-refractivity contribution in [3.05, 3.63) is 81.9 Å². The van der Waals surface area contributed by atoms with Crippen LogP contribution in [0.1, 0.15) is 10.4 Å². The molecule has 0 saturated heterocycles. The molecule has 28 heavy (non-hydrogen) atoms. The van der Waals surface area contributed by atoms with Crippen molar-refractivity contribution in [3.8, 4) is 5.69 Å². The first-order valence-electron chi connectivity index (χ1n) is 8.39. The lowest BCUT2D eigenvalue weighted by Gasteiger charge is -2.09. The fourth-order valence-electron chi connectivity index (χ4n) is 2.61. The van der Waals surface area contributed by atoms with Gasteiger partial charge in [-0.2, -0.15) is 4.80 Å². The number of para-hydroxylation sites is 1. The first-order valence-corrected chi connectivity index (χ1v) is 9.88. The van der Waals surface area contributed by atoms with E-state index in [2.05, 4.69) is 43.4 Å². The molecule has 138 valence electrons. The van der Waals surface area contributed by atoms with E-state index < -0.39 is 0 Å². The number of aromatic nitrogens is 3. The number of fused-ring (bicyclic) bond motifs is 1. The molecule has 0 saturated carbocycles. The van der Waals surface area contributed by atoms with Crippen LogP contribution >= 0.6 is 34.8 Å². The molecule has 8 heteroatoms. The molecular formula is C20H14IN5OS. The highest BCUT2D eigenvalue weighted by molar-refractivity contribution is 14.1. The second kappa shape index (κ2) is 8.03. The number of hydrogen-bond donors (Lipinski definition) is 2. The van der Waals surface area contributed by atoms with Crippen LogP contribution in [0.2, 0.25) is 0 Å². The standard InChI is InChI=1S/C20H14IN5OS/c21-14-8-6-13(7-9-14)19(27)23-20(28)22-15-10-11-17-18(12-15)25-26(24-17)16-4-2-1-3-5-16/h1-12H,(H2,22,23,27,28). The van der Waals surface area contributed by atoms with E-state index in [-0.39, 0.29) is 11.0 Å². The number of carbonyl (C=O) groups is 1. The molecule has 0 bridgehead atoms. The number of rotatable bonds is 3. The van der Waals surface area contributed by atoms with Crippen LogP contribution in [0.15, 0.2) is 72.8 Å². The van der Waals surface area contributed by atoms with Crippen LogP contribution in [0.4, 0.5) is 5.69 Å². The van der Waals surface area contributed by atoms with E-state index >= 15 is 0 Å². The Morgan fingerprint density at radius 1 is 0.929 bits per heavy atom. The first kappa shape index (κ1) is 18.5. The van der Waals surface area contributed by atoms with Crippen molar-refractivity contribution in [1.82, 2.24) is 20.3 Å². The summed E-state index contributed by atoms with van der Waals surface area (Å²) in [5.41, 5.74) is 3.64. The van der Waals surface area contributed by atoms with Crippen molar-refractivity contribution >= 4 is 62.5 Å². The highest BCUT2D eigenvalue weighted by Gasteiger charge is 2.09. The van der Waals surface area contributed by atoms with Crippen molar-refractivity contribution in [3.63, 3.8) is 0 Å². The molecular weight excluding hydrogens is 485 g/mol. The molecule has 0 unspecified atom stereocenters. The Hall–Kier alpha value is -2.85. The van der Waals surface area contributed by atoms with Crippen LogP contribution < -0.4 is 10.6 Å². The average molecular weight is 499 g/mol. The van der Waals surface area contributed by atoms with E-state index in [4.69, 9.17) is 12.2 Å². The predicted molar refractivity (Wildman–Crippen MR) is 122 cm³/mol. The average Bonchev–Trinajstić information content (AvgIpc) is 3.12. The summed E-state index contributed by atoms with van der Waals surface area (Å²) in [5, 5.41) is 14.9. The monoisotopic (exact) mass is 499 g/mol. The summed E-state index contributed by atoms with van der Waals surface area (Å²) in [6.45, 7) is 0. The van der Waals surface area contributed by atoms with Crippen molar-refractivity contribution in [1.29, 1.82) is 0 Å². The lowest BCUT2D eigenvalue weighted by atomic mass is 10.2. The molecule has 3 aromatic carbocycles. The maximum absolute atomic E-state index is 12.3. The molecule has 4 aromatic rings. The third kappa shape index (κ3) is 4.18. The minimum atomic E-state index is -0.259. The van der Waals surface area contributed by atoms with E-state index in [1.54, 1.807) is 16.9 Å². The zero-order valence-electron chi connectivity index (χ0n) is 14.5. The Labute approximate surface area is 180 Å². The Kier molecular flexibility index (Phi) is 5.31. The van der Waals surface area contributed by atoms with Gasteiger partial charge in [0.2, 0.25) is 0 Å². The van der Waals surface area contributed by atoms with Gasteiger partial charge in [0.1, 0.15) is 11.0 Å². The quantitative estimate of drug-likeness (QED) is 0.328. The molecule has 2 N–H and O–H groups in total. The highest BCUT2D eigenvalue weighted by atomic mass is 127. The smallest absolute Gasteiger partial charge is 0.257 e. The summed E-state index contributed by atoms with van der Waals surface area (Å²) in [4.78, 5) is 13.9. The summed E-state index contributed by atoms with van der Waals surface area (Å²) in [7, 11) is 0. The molecule has 1 aromatic heterocycles. The molecule has 1 amide bonds. The SMILES string of the molecule is O=C(NC(=S)Nc1ccc2nn(-c3ccccc3)nc2c1)c1ccc(I)cc1. The number of benzene rings is 3. The van der Waals surface area contributed by atoms with Crippen molar-refractivity contribution < 1.29 is 4.79 Å². The van der Waals surface area contributed by atoms with E-state index in [0.29, 0.717) is 5.56 Å². The second-order valence-electron chi connectivity index (χ2n) is 5.94. The summed E-state index contributed by atoms with van der Waals surface area (Å²) in [5.74, 6) is -0.259. The van der Waals surface area contributed by atoms with Gasteiger partial charge in [-0.1, -0.05) is 18.2 Å². The summed E-state index contributed by atoms with van der Waals surface area (Å²) >= 11 is 7.45. The molecule has 0 aliphatic carbocycles.